The van der Waals surface area contributed by atoms with E-state index in [-0.39, 0.29) is 34.6 Å². The van der Waals surface area contributed by atoms with Crippen LogP contribution in [0.2, 0.25) is 0 Å². The lowest BCUT2D eigenvalue weighted by Gasteiger charge is -2.34. The van der Waals surface area contributed by atoms with Gasteiger partial charge in [-0.1, -0.05) is 42.5 Å². The number of alkyl halides is 3. The Balaban J connectivity index is 1.46. The summed E-state index contributed by atoms with van der Waals surface area (Å²) in [6.07, 6.45) is -4.99. The van der Waals surface area contributed by atoms with E-state index in [0.29, 0.717) is 18.7 Å². The van der Waals surface area contributed by atoms with E-state index in [1.165, 1.54) is 17.7 Å². The molecule has 0 radical (unpaired) electrons. The fourth-order valence-corrected chi connectivity index (χ4v) is 4.82. The molecule has 2 heterocycles. The van der Waals surface area contributed by atoms with Gasteiger partial charge in [-0.3, -0.25) is 14.6 Å². The number of piperazine rings is 1. The van der Waals surface area contributed by atoms with Crippen molar-refractivity contribution in [2.24, 2.45) is 0 Å². The van der Waals surface area contributed by atoms with Gasteiger partial charge in [0.2, 0.25) is 11.2 Å². The number of aromatic hydroxyl groups is 1. The van der Waals surface area contributed by atoms with E-state index >= 15 is 0 Å². The highest BCUT2D eigenvalue weighted by Crippen LogP contribution is 2.40. The number of ether oxygens (including phenoxy) is 1. The number of benzene rings is 3. The highest BCUT2D eigenvalue weighted by atomic mass is 19.4. The van der Waals surface area contributed by atoms with Gasteiger partial charge in [0.05, 0.1) is 10.9 Å². The predicted octanol–water partition coefficient (Wildman–Crippen LogP) is 6.24. The zero-order valence-electron chi connectivity index (χ0n) is 21.7. The number of halogens is 3. The lowest BCUT2D eigenvalue weighted by Crippen LogP contribution is -2.45. The summed E-state index contributed by atoms with van der Waals surface area (Å²) >= 11 is 0. The number of phenolic OH excluding ortho intramolecular Hbond substituents is 1. The van der Waals surface area contributed by atoms with Crippen molar-refractivity contribution in [3.05, 3.63) is 98.9 Å². The zero-order valence-corrected chi connectivity index (χ0v) is 21.7. The molecule has 0 aliphatic carbocycles. The Bertz CT molecular complexity index is 1540. The SMILES string of the molecule is Cc1ccc(C)c(Oc2c(C(F)(F)F)oc3c(CN4CCN(Cc5ccccc5)CC4)c(O)ccc3c2=O)c1. The Morgan fingerprint density at radius 3 is 2.26 bits per heavy atom. The molecule has 1 aromatic heterocycles. The summed E-state index contributed by atoms with van der Waals surface area (Å²) in [6, 6.07) is 17.8. The molecule has 4 aromatic rings. The lowest BCUT2D eigenvalue weighted by molar-refractivity contribution is -0.154. The van der Waals surface area contributed by atoms with Gasteiger partial charge >= 0.3 is 6.18 Å². The second-order valence-electron chi connectivity index (χ2n) is 9.94. The number of hydrogen-bond donors (Lipinski definition) is 1. The highest BCUT2D eigenvalue weighted by Gasteiger charge is 2.41. The van der Waals surface area contributed by atoms with E-state index in [1.807, 2.05) is 23.1 Å². The average molecular weight is 539 g/mol. The minimum atomic E-state index is -4.99. The van der Waals surface area contributed by atoms with Crippen LogP contribution in [0, 0.1) is 13.8 Å². The van der Waals surface area contributed by atoms with Gasteiger partial charge in [-0.2, -0.15) is 13.2 Å². The number of aryl methyl sites for hydroxylation is 2. The van der Waals surface area contributed by atoms with Crippen molar-refractivity contribution in [3.8, 4) is 17.2 Å². The quantitative estimate of drug-likeness (QED) is 0.313. The van der Waals surface area contributed by atoms with Crippen molar-refractivity contribution in [3.63, 3.8) is 0 Å². The molecule has 1 N–H and O–H groups in total. The molecule has 0 atom stereocenters. The van der Waals surface area contributed by atoms with E-state index in [2.05, 4.69) is 17.0 Å². The average Bonchev–Trinajstić information content (AvgIpc) is 2.90. The smallest absolute Gasteiger partial charge is 0.453 e. The van der Waals surface area contributed by atoms with Gasteiger partial charge in [-0.25, -0.2) is 0 Å². The van der Waals surface area contributed by atoms with Gasteiger partial charge in [0.1, 0.15) is 17.1 Å². The molecular weight excluding hydrogens is 509 g/mol. The minimum absolute atomic E-state index is 0.0844. The Labute approximate surface area is 223 Å². The van der Waals surface area contributed by atoms with Gasteiger partial charge in [0, 0.05) is 39.3 Å². The van der Waals surface area contributed by atoms with Crippen LogP contribution in [0.15, 0.2) is 69.9 Å². The third-order valence-corrected chi connectivity index (χ3v) is 7.01. The monoisotopic (exact) mass is 538 g/mol. The molecule has 0 amide bonds. The van der Waals surface area contributed by atoms with Gasteiger partial charge in [0.25, 0.3) is 5.76 Å². The first-order valence-electron chi connectivity index (χ1n) is 12.7. The number of nitrogens with zero attached hydrogens (tertiary/aromatic N) is 2. The van der Waals surface area contributed by atoms with Crippen LogP contribution in [0.3, 0.4) is 0 Å². The van der Waals surface area contributed by atoms with E-state index in [4.69, 9.17) is 9.15 Å². The minimum Gasteiger partial charge on any atom is -0.507 e. The van der Waals surface area contributed by atoms with Crippen molar-refractivity contribution in [1.29, 1.82) is 0 Å². The fourth-order valence-electron chi connectivity index (χ4n) is 4.82. The van der Waals surface area contributed by atoms with E-state index < -0.39 is 23.1 Å². The standard InChI is InChI=1S/C30H29F3N2O4/c1-19-8-9-20(2)25(16-19)38-28-26(37)22-10-11-24(36)23(27(22)39-29(28)30(31,32)33)18-35-14-12-34(13-15-35)17-21-6-4-3-5-7-21/h3-11,16,36H,12-15,17-18H2,1-2H3. The number of phenols is 1. The first-order chi connectivity index (χ1) is 18.6. The van der Waals surface area contributed by atoms with Crippen molar-refractivity contribution >= 4 is 11.0 Å². The molecule has 0 spiro atoms. The van der Waals surface area contributed by atoms with Crippen molar-refractivity contribution in [2.45, 2.75) is 33.1 Å². The molecule has 1 aliphatic heterocycles. The normalized spacial score (nSPS) is 15.1. The molecule has 1 saturated heterocycles. The highest BCUT2D eigenvalue weighted by molar-refractivity contribution is 5.83. The second kappa shape index (κ2) is 10.7. The summed E-state index contributed by atoms with van der Waals surface area (Å²) in [5, 5.41) is 10.5. The maximum absolute atomic E-state index is 14.2. The molecule has 5 rings (SSSR count). The fraction of sp³-hybridized carbons (Fsp3) is 0.300. The van der Waals surface area contributed by atoms with Crippen LogP contribution >= 0.6 is 0 Å². The van der Waals surface area contributed by atoms with Crippen LogP contribution in [0.5, 0.6) is 17.2 Å². The van der Waals surface area contributed by atoms with E-state index in [1.54, 1.807) is 32.0 Å². The molecule has 1 fully saturated rings. The summed E-state index contributed by atoms with van der Waals surface area (Å²) < 4.78 is 53.4. The molecule has 0 bridgehead atoms. The van der Waals surface area contributed by atoms with Crippen molar-refractivity contribution in [2.75, 3.05) is 26.2 Å². The summed E-state index contributed by atoms with van der Waals surface area (Å²) in [5.41, 5.74) is 1.46. The van der Waals surface area contributed by atoms with Crippen LogP contribution in [0.25, 0.3) is 11.0 Å². The molecule has 39 heavy (non-hydrogen) atoms. The summed E-state index contributed by atoms with van der Waals surface area (Å²) in [7, 11) is 0. The van der Waals surface area contributed by atoms with E-state index in [0.717, 1.165) is 25.2 Å². The summed E-state index contributed by atoms with van der Waals surface area (Å²) in [5.74, 6) is -2.54. The zero-order chi connectivity index (χ0) is 27.7. The number of rotatable bonds is 6. The molecular formula is C30H29F3N2O4. The first-order valence-corrected chi connectivity index (χ1v) is 12.7. The Hall–Kier alpha value is -3.82. The molecule has 3 aromatic carbocycles. The van der Waals surface area contributed by atoms with Crippen LogP contribution in [0.1, 0.15) is 28.0 Å². The maximum Gasteiger partial charge on any atom is 0.453 e. The topological polar surface area (TPSA) is 66.2 Å². The Morgan fingerprint density at radius 1 is 0.923 bits per heavy atom. The molecule has 9 heteroatoms. The molecule has 1 aliphatic rings. The maximum atomic E-state index is 14.2. The summed E-state index contributed by atoms with van der Waals surface area (Å²) in [6.45, 7) is 7.20. The van der Waals surface area contributed by atoms with Crippen LogP contribution in [-0.2, 0) is 19.3 Å². The van der Waals surface area contributed by atoms with Gasteiger partial charge in [0.15, 0.2) is 0 Å². The molecule has 6 nitrogen and oxygen atoms in total. The van der Waals surface area contributed by atoms with Crippen LogP contribution in [-0.4, -0.2) is 41.1 Å². The van der Waals surface area contributed by atoms with Crippen molar-refractivity contribution in [1.82, 2.24) is 9.80 Å². The third kappa shape index (κ3) is 5.79. The van der Waals surface area contributed by atoms with E-state index in [9.17, 15) is 23.1 Å². The Morgan fingerprint density at radius 2 is 1.59 bits per heavy atom. The lowest BCUT2D eigenvalue weighted by atomic mass is 10.1. The Kier molecular flexibility index (Phi) is 7.38. The van der Waals surface area contributed by atoms with Gasteiger partial charge in [-0.05, 0) is 48.7 Å². The number of fused-ring (bicyclic) bond motifs is 1. The van der Waals surface area contributed by atoms with Crippen LogP contribution < -0.4 is 10.2 Å². The molecule has 204 valence electrons. The van der Waals surface area contributed by atoms with Crippen LogP contribution in [0.4, 0.5) is 13.2 Å². The summed E-state index contributed by atoms with van der Waals surface area (Å²) in [4.78, 5) is 17.7. The third-order valence-electron chi connectivity index (χ3n) is 7.01. The molecule has 0 unspecified atom stereocenters. The van der Waals surface area contributed by atoms with Gasteiger partial charge < -0.3 is 14.3 Å². The number of hydrogen-bond acceptors (Lipinski definition) is 6. The largest absolute Gasteiger partial charge is 0.507 e. The van der Waals surface area contributed by atoms with Crippen molar-refractivity contribution < 1.29 is 27.4 Å². The van der Waals surface area contributed by atoms with Gasteiger partial charge in [-0.15, -0.1) is 0 Å². The predicted molar refractivity (Wildman–Crippen MR) is 142 cm³/mol. The second-order valence-corrected chi connectivity index (χ2v) is 9.94. The molecule has 0 saturated carbocycles. The first kappa shape index (κ1) is 26.8.